The van der Waals surface area contributed by atoms with Gasteiger partial charge in [0, 0.05) is 0 Å². The Balaban J connectivity index is -0.000000405. The molecule has 0 saturated carbocycles. The van der Waals surface area contributed by atoms with E-state index in [1.807, 2.05) is 0 Å². The quantitative estimate of drug-likeness (QED) is 0.277. The van der Waals surface area contributed by atoms with Crippen molar-refractivity contribution in [3.8, 4) is 0 Å². The second kappa shape index (κ2) is 7.11. The first-order chi connectivity index (χ1) is 4.49. The van der Waals surface area contributed by atoms with Gasteiger partial charge in [0.15, 0.2) is 0 Å². The molecule has 0 fully saturated rings. The van der Waals surface area contributed by atoms with E-state index < -0.39 is 27.1 Å². The first-order valence-corrected chi connectivity index (χ1v) is 3.98. The Morgan fingerprint density at radius 1 is 1.36 bits per heavy atom. The molecule has 11 heavy (non-hydrogen) atoms. The normalized spacial score (nSPS) is 11.4. The van der Waals surface area contributed by atoms with E-state index in [-0.39, 0.29) is 52.8 Å². The van der Waals surface area contributed by atoms with Crippen LogP contribution in [0.5, 0.6) is 0 Å². The van der Waals surface area contributed by atoms with Crippen molar-refractivity contribution in [2.45, 2.75) is 6.10 Å². The Bertz CT molecular complexity index is 135. The summed E-state index contributed by atoms with van der Waals surface area (Å²) in [7, 11) is -4.57. The van der Waals surface area contributed by atoms with Gasteiger partial charge in [0.05, 0.1) is 13.2 Å². The maximum absolute atomic E-state index is 10.0. The van der Waals surface area contributed by atoms with Gasteiger partial charge in [-0.3, -0.25) is 4.52 Å². The zero-order valence-electron chi connectivity index (χ0n) is 7.04. The van der Waals surface area contributed by atoms with Crippen molar-refractivity contribution in [1.29, 1.82) is 0 Å². The third-order valence-corrected chi connectivity index (χ3v) is 1.27. The number of hydrogen-bond acceptors (Lipinski definition) is 4. The van der Waals surface area contributed by atoms with E-state index in [0.717, 1.165) is 0 Å². The fraction of sp³-hybridized carbons (Fsp3) is 1.00. The third-order valence-electron chi connectivity index (χ3n) is 0.694. The second-order valence-electron chi connectivity index (χ2n) is 1.58. The van der Waals surface area contributed by atoms with E-state index in [2.05, 4.69) is 4.52 Å². The zero-order chi connectivity index (χ0) is 8.20. The smallest absolute Gasteiger partial charge is 1.00 e. The van der Waals surface area contributed by atoms with Crippen LogP contribution in [-0.4, -0.2) is 39.3 Å². The van der Waals surface area contributed by atoms with Crippen LogP contribution in [0.3, 0.4) is 0 Å². The van der Waals surface area contributed by atoms with Crippen LogP contribution in [0, 0.1) is 0 Å². The average molecular weight is 212 g/mol. The van der Waals surface area contributed by atoms with Gasteiger partial charge in [-0.25, -0.2) is 4.57 Å². The minimum Gasteiger partial charge on any atom is -1.00 e. The summed E-state index contributed by atoms with van der Waals surface area (Å²) in [6.07, 6.45) is -1.21. The summed E-state index contributed by atoms with van der Waals surface area (Å²) in [6.45, 7) is -1.25. The Labute approximate surface area is 108 Å². The molecule has 0 bridgehead atoms. The zero-order valence-corrected chi connectivity index (χ0v) is 10.1. The van der Waals surface area contributed by atoms with Gasteiger partial charge in [-0.15, -0.1) is 0 Å². The first kappa shape index (κ1) is 15.2. The van der Waals surface area contributed by atoms with Gasteiger partial charge < -0.3 is 21.4 Å². The number of phosphoric acid groups is 1. The molecule has 0 aromatic rings. The van der Waals surface area contributed by atoms with Crippen LogP contribution in [0.2, 0.25) is 0 Å². The molecule has 0 unspecified atom stereocenters. The number of aliphatic hydroxyl groups is 2. The molecule has 64 valence electrons. The Morgan fingerprint density at radius 3 is 1.82 bits per heavy atom. The van der Waals surface area contributed by atoms with E-state index in [4.69, 9.17) is 20.0 Å². The van der Waals surface area contributed by atoms with Gasteiger partial charge in [-0.2, -0.15) is 0 Å². The van der Waals surface area contributed by atoms with Crippen molar-refractivity contribution in [2.24, 2.45) is 0 Å². The van der Waals surface area contributed by atoms with Gasteiger partial charge in [-0.1, -0.05) is 0 Å². The van der Waals surface area contributed by atoms with Crippen molar-refractivity contribution < 1.29 is 81.9 Å². The van der Waals surface area contributed by atoms with Gasteiger partial charge in [0.2, 0.25) is 0 Å². The molecule has 0 atom stereocenters. The predicted octanol–water partition coefficient (Wildman–Crippen LogP) is -4.43. The minimum absolute atomic E-state index is 0. The Hall–Kier alpha value is 1.67. The van der Waals surface area contributed by atoms with E-state index >= 15 is 0 Å². The fourth-order valence-electron chi connectivity index (χ4n) is 0.319. The summed E-state index contributed by atoms with van der Waals surface area (Å²) in [6, 6.07) is 0. The summed E-state index contributed by atoms with van der Waals surface area (Å²) in [5, 5.41) is 16.5. The fourth-order valence-corrected chi connectivity index (χ4v) is 0.840. The van der Waals surface area contributed by atoms with Gasteiger partial charge in [0.25, 0.3) is 0 Å². The molecular weight excluding hydrogens is 202 g/mol. The maximum Gasteiger partial charge on any atom is 1.00 e. The molecule has 0 aliphatic heterocycles. The SMILES string of the molecule is O=P(O)(O)OC(CO)CO.[H-].[K+]. The van der Waals surface area contributed by atoms with Crippen LogP contribution < -0.4 is 51.4 Å². The van der Waals surface area contributed by atoms with Crippen molar-refractivity contribution in [1.82, 2.24) is 0 Å². The number of hydrogen-bond donors (Lipinski definition) is 4. The topological polar surface area (TPSA) is 107 Å². The largest absolute Gasteiger partial charge is 1.00 e. The van der Waals surface area contributed by atoms with E-state index in [1.54, 1.807) is 0 Å². The van der Waals surface area contributed by atoms with Crippen LogP contribution in [0.15, 0.2) is 0 Å². The van der Waals surface area contributed by atoms with E-state index in [0.29, 0.717) is 0 Å². The molecule has 0 aromatic heterocycles. The molecule has 4 N–H and O–H groups in total. The number of phosphoric ester groups is 1. The summed E-state index contributed by atoms with van der Waals surface area (Å²) in [5.74, 6) is 0. The van der Waals surface area contributed by atoms with Crippen LogP contribution in [-0.2, 0) is 9.09 Å². The summed E-state index contributed by atoms with van der Waals surface area (Å²) < 4.78 is 13.9. The predicted molar refractivity (Wildman–Crippen MR) is 32.2 cm³/mol. The van der Waals surface area contributed by atoms with Crippen molar-refractivity contribution >= 4 is 7.82 Å². The summed E-state index contributed by atoms with van der Waals surface area (Å²) in [5.41, 5.74) is 0. The van der Waals surface area contributed by atoms with Crippen LogP contribution in [0.25, 0.3) is 0 Å². The van der Waals surface area contributed by atoms with Gasteiger partial charge >= 0.3 is 59.2 Å². The molecule has 8 heteroatoms. The summed E-state index contributed by atoms with van der Waals surface area (Å²) >= 11 is 0. The molecule has 0 amide bonds. The van der Waals surface area contributed by atoms with Gasteiger partial charge in [-0.05, 0) is 0 Å². The van der Waals surface area contributed by atoms with E-state index in [1.165, 1.54) is 0 Å². The standard InChI is InChI=1S/C3H9O6P.K.H/c4-1-3(2-5)9-10(6,7)8;;/h3-5H,1-2H2,(H2,6,7,8);;/q;+1;-1. The molecule has 0 radical (unpaired) electrons. The minimum atomic E-state index is -4.57. The molecule has 0 aliphatic carbocycles. The number of rotatable bonds is 4. The van der Waals surface area contributed by atoms with Crippen LogP contribution in [0.1, 0.15) is 1.43 Å². The molecular formula is C3H10KO6P. The molecule has 6 nitrogen and oxygen atoms in total. The van der Waals surface area contributed by atoms with Crippen LogP contribution >= 0.6 is 7.82 Å². The molecule has 0 saturated heterocycles. The Morgan fingerprint density at radius 2 is 1.73 bits per heavy atom. The molecule has 0 spiro atoms. The molecule has 0 rings (SSSR count). The average Bonchev–Trinajstić information content (AvgIpc) is 1.81. The first-order valence-electron chi connectivity index (χ1n) is 2.45. The van der Waals surface area contributed by atoms with Crippen LogP contribution in [0.4, 0.5) is 0 Å². The molecule has 0 aliphatic rings. The Kier molecular flexibility index (Phi) is 9.79. The van der Waals surface area contributed by atoms with Gasteiger partial charge in [0.1, 0.15) is 6.10 Å². The third kappa shape index (κ3) is 9.58. The van der Waals surface area contributed by atoms with Crippen molar-refractivity contribution in [3.05, 3.63) is 0 Å². The monoisotopic (exact) mass is 212 g/mol. The summed E-state index contributed by atoms with van der Waals surface area (Å²) in [4.78, 5) is 16.2. The number of aliphatic hydroxyl groups excluding tert-OH is 2. The molecule has 0 heterocycles. The van der Waals surface area contributed by atoms with E-state index in [9.17, 15) is 4.57 Å². The second-order valence-corrected chi connectivity index (χ2v) is 2.78. The maximum atomic E-state index is 10.0. The van der Waals surface area contributed by atoms with Crippen molar-refractivity contribution in [3.63, 3.8) is 0 Å². The molecule has 0 aromatic carbocycles. The van der Waals surface area contributed by atoms with Crippen molar-refractivity contribution in [2.75, 3.05) is 13.2 Å².